The Morgan fingerprint density at radius 1 is 1.53 bits per heavy atom. The second-order valence-electron chi connectivity index (χ2n) is 2.95. The summed E-state index contributed by atoms with van der Waals surface area (Å²) in [5.41, 5.74) is 0.822. The zero-order valence-corrected chi connectivity index (χ0v) is 10.0. The van der Waals surface area contributed by atoms with Gasteiger partial charge in [-0.25, -0.2) is 4.79 Å². The Hall–Kier alpha value is -0.870. The van der Waals surface area contributed by atoms with Crippen LogP contribution < -0.4 is 0 Å². The third-order valence-electron chi connectivity index (χ3n) is 1.87. The van der Waals surface area contributed by atoms with E-state index in [2.05, 4.69) is 15.9 Å². The molecule has 0 spiro atoms. The molecule has 1 aromatic carbocycles. The van der Waals surface area contributed by atoms with Gasteiger partial charge in [0.2, 0.25) is 0 Å². The summed E-state index contributed by atoms with van der Waals surface area (Å²) < 4.78 is 0.532. The molecule has 0 bridgehead atoms. The first-order valence-corrected chi connectivity index (χ1v) is 5.38. The summed E-state index contributed by atoms with van der Waals surface area (Å²) in [5.74, 6) is -1.08. The summed E-state index contributed by atoms with van der Waals surface area (Å²) in [6.45, 7) is 0. The normalized spacial score (nSPS) is 10.0. The molecule has 0 atom stereocenters. The summed E-state index contributed by atoms with van der Waals surface area (Å²) in [6, 6.07) is 3.21. The molecule has 0 fully saturated rings. The Morgan fingerprint density at radius 3 is 2.73 bits per heavy atom. The van der Waals surface area contributed by atoms with Crippen LogP contribution in [-0.4, -0.2) is 17.4 Å². The number of hydrogen-bond donors (Lipinski definition) is 1. The predicted octanol–water partition coefficient (Wildman–Crippen LogP) is 2.93. The Bertz CT molecular complexity index is 404. The summed E-state index contributed by atoms with van der Waals surface area (Å²) in [6.07, 6.45) is 1.68. The van der Waals surface area contributed by atoms with Gasteiger partial charge in [0.05, 0.1) is 10.6 Å². The van der Waals surface area contributed by atoms with E-state index in [0.29, 0.717) is 17.3 Å². The smallest absolute Gasteiger partial charge is 0.337 e. The van der Waals surface area contributed by atoms with Gasteiger partial charge in [0.1, 0.15) is 6.29 Å². The van der Waals surface area contributed by atoms with Crippen LogP contribution in [0.15, 0.2) is 16.6 Å². The van der Waals surface area contributed by atoms with E-state index < -0.39 is 5.97 Å². The minimum absolute atomic E-state index is 0.0481. The highest BCUT2D eigenvalue weighted by Gasteiger charge is 2.12. The third-order valence-corrected chi connectivity index (χ3v) is 3.13. The van der Waals surface area contributed by atoms with Crippen molar-refractivity contribution in [1.29, 1.82) is 0 Å². The molecule has 5 heteroatoms. The van der Waals surface area contributed by atoms with Crippen LogP contribution in [0.1, 0.15) is 22.3 Å². The average Bonchev–Trinajstić information content (AvgIpc) is 2.19. The van der Waals surface area contributed by atoms with E-state index >= 15 is 0 Å². The van der Waals surface area contributed by atoms with Crippen molar-refractivity contribution in [2.45, 2.75) is 12.8 Å². The van der Waals surface area contributed by atoms with Crippen molar-refractivity contribution in [2.75, 3.05) is 0 Å². The maximum atomic E-state index is 10.8. The van der Waals surface area contributed by atoms with Gasteiger partial charge in [-0.2, -0.15) is 0 Å². The molecular formula is C10H8BrClO3. The highest BCUT2D eigenvalue weighted by atomic mass is 79.9. The van der Waals surface area contributed by atoms with Crippen molar-refractivity contribution >= 4 is 39.8 Å². The Kier molecular flexibility index (Phi) is 4.29. The van der Waals surface area contributed by atoms with E-state index in [0.717, 1.165) is 11.8 Å². The lowest BCUT2D eigenvalue weighted by Crippen LogP contribution is -2.00. The lowest BCUT2D eigenvalue weighted by Gasteiger charge is -2.05. The molecule has 15 heavy (non-hydrogen) atoms. The van der Waals surface area contributed by atoms with Gasteiger partial charge in [-0.15, -0.1) is 0 Å². The summed E-state index contributed by atoms with van der Waals surface area (Å²) in [4.78, 5) is 21.0. The molecule has 0 saturated heterocycles. The van der Waals surface area contributed by atoms with Crippen LogP contribution in [0.3, 0.4) is 0 Å². The first-order valence-electron chi connectivity index (χ1n) is 4.21. The molecule has 0 aliphatic heterocycles. The van der Waals surface area contributed by atoms with Crippen molar-refractivity contribution in [2.24, 2.45) is 0 Å². The molecule has 1 N–H and O–H groups in total. The van der Waals surface area contributed by atoms with Crippen molar-refractivity contribution in [3.05, 3.63) is 32.8 Å². The van der Waals surface area contributed by atoms with E-state index in [9.17, 15) is 9.59 Å². The van der Waals surface area contributed by atoms with E-state index in [4.69, 9.17) is 16.7 Å². The van der Waals surface area contributed by atoms with E-state index in [1.807, 2.05) is 0 Å². The van der Waals surface area contributed by atoms with Gasteiger partial charge in [0, 0.05) is 10.9 Å². The van der Waals surface area contributed by atoms with Gasteiger partial charge in [-0.1, -0.05) is 11.6 Å². The number of carbonyl (C=O) groups excluding carboxylic acids is 1. The fraction of sp³-hybridized carbons (Fsp3) is 0.200. The van der Waals surface area contributed by atoms with Crippen LogP contribution in [-0.2, 0) is 11.2 Å². The SMILES string of the molecule is O=CCCc1cc(Br)c(Cl)c(C(=O)O)c1. The number of aromatic carboxylic acids is 1. The van der Waals surface area contributed by atoms with Crippen molar-refractivity contribution < 1.29 is 14.7 Å². The second kappa shape index (κ2) is 5.28. The lowest BCUT2D eigenvalue weighted by molar-refractivity contribution is -0.107. The van der Waals surface area contributed by atoms with Crippen LogP contribution in [0.5, 0.6) is 0 Å². The second-order valence-corrected chi connectivity index (χ2v) is 4.18. The first-order chi connectivity index (χ1) is 7.06. The van der Waals surface area contributed by atoms with Crippen molar-refractivity contribution in [1.82, 2.24) is 0 Å². The van der Waals surface area contributed by atoms with Crippen LogP contribution in [0.4, 0.5) is 0 Å². The number of benzene rings is 1. The molecule has 1 aromatic rings. The molecule has 80 valence electrons. The van der Waals surface area contributed by atoms with Gasteiger partial charge in [0.25, 0.3) is 0 Å². The van der Waals surface area contributed by atoms with Gasteiger partial charge >= 0.3 is 5.97 Å². The summed E-state index contributed by atoms with van der Waals surface area (Å²) >= 11 is 8.97. The van der Waals surface area contributed by atoms with Crippen LogP contribution in [0.2, 0.25) is 5.02 Å². The number of carbonyl (C=O) groups is 2. The zero-order chi connectivity index (χ0) is 11.4. The molecule has 0 unspecified atom stereocenters. The largest absolute Gasteiger partial charge is 0.478 e. The maximum Gasteiger partial charge on any atom is 0.337 e. The van der Waals surface area contributed by atoms with Gasteiger partial charge < -0.3 is 9.90 Å². The molecule has 0 heterocycles. The molecule has 3 nitrogen and oxygen atoms in total. The minimum Gasteiger partial charge on any atom is -0.478 e. The monoisotopic (exact) mass is 290 g/mol. The van der Waals surface area contributed by atoms with E-state index in [1.54, 1.807) is 6.07 Å². The standard InChI is InChI=1S/C10H8BrClO3/c11-8-5-6(2-1-3-13)4-7(9(8)12)10(14)15/h3-5H,1-2H2,(H,14,15). The van der Waals surface area contributed by atoms with Gasteiger partial charge in [0.15, 0.2) is 0 Å². The minimum atomic E-state index is -1.08. The highest BCUT2D eigenvalue weighted by molar-refractivity contribution is 9.10. The van der Waals surface area contributed by atoms with E-state index in [-0.39, 0.29) is 10.6 Å². The zero-order valence-electron chi connectivity index (χ0n) is 7.67. The summed E-state index contributed by atoms with van der Waals surface area (Å²) in [5, 5.41) is 9.04. The topological polar surface area (TPSA) is 54.4 Å². The van der Waals surface area contributed by atoms with Gasteiger partial charge in [-0.05, 0) is 40.0 Å². The molecule has 1 rings (SSSR count). The molecule has 0 aromatic heterocycles. The quantitative estimate of drug-likeness (QED) is 0.868. The molecule has 0 amide bonds. The maximum absolute atomic E-state index is 10.8. The number of rotatable bonds is 4. The Balaban J connectivity index is 3.11. The van der Waals surface area contributed by atoms with Crippen LogP contribution >= 0.6 is 27.5 Å². The fourth-order valence-corrected chi connectivity index (χ4v) is 1.87. The fourth-order valence-electron chi connectivity index (χ4n) is 1.17. The molecule has 0 aliphatic carbocycles. The predicted molar refractivity (Wildman–Crippen MR) is 60.5 cm³/mol. The average molecular weight is 292 g/mol. The molecule has 0 aliphatic rings. The molecular weight excluding hydrogens is 283 g/mol. The van der Waals surface area contributed by atoms with Crippen LogP contribution in [0, 0.1) is 0 Å². The van der Waals surface area contributed by atoms with Gasteiger partial charge in [-0.3, -0.25) is 0 Å². The number of aryl methyl sites for hydroxylation is 1. The Morgan fingerprint density at radius 2 is 2.20 bits per heavy atom. The van der Waals surface area contributed by atoms with E-state index in [1.165, 1.54) is 6.07 Å². The molecule has 0 saturated carbocycles. The summed E-state index contributed by atoms with van der Waals surface area (Å²) in [7, 11) is 0. The molecule has 0 radical (unpaired) electrons. The van der Waals surface area contributed by atoms with Crippen molar-refractivity contribution in [3.63, 3.8) is 0 Å². The van der Waals surface area contributed by atoms with Crippen LogP contribution in [0.25, 0.3) is 0 Å². The van der Waals surface area contributed by atoms with Crippen molar-refractivity contribution in [3.8, 4) is 0 Å². The Labute approximate surface area is 100 Å². The highest BCUT2D eigenvalue weighted by Crippen LogP contribution is 2.28. The number of aldehydes is 1. The number of carboxylic acids is 1. The third kappa shape index (κ3) is 3.04. The number of hydrogen-bond acceptors (Lipinski definition) is 2. The first kappa shape index (κ1) is 12.2. The number of halogens is 2. The number of carboxylic acid groups (broad SMARTS) is 1. The lowest BCUT2D eigenvalue weighted by atomic mass is 10.1.